The maximum atomic E-state index is 4.96. The van der Waals surface area contributed by atoms with Crippen LogP contribution in [0.25, 0.3) is 0 Å². The monoisotopic (exact) mass is 151 g/mol. The third-order valence-corrected chi connectivity index (χ3v) is 1.77. The van der Waals surface area contributed by atoms with Gasteiger partial charge in [-0.15, -0.1) is 0 Å². The second-order valence-electron chi connectivity index (χ2n) is 1.67. The van der Waals surface area contributed by atoms with Crippen molar-refractivity contribution in [3.63, 3.8) is 0 Å². The Morgan fingerprint density at radius 2 is 1.80 bits per heavy atom. The van der Waals surface area contributed by atoms with Gasteiger partial charge in [-0.05, 0) is 5.30 Å². The summed E-state index contributed by atoms with van der Waals surface area (Å²) in [4.78, 5) is 0. The molecular weight excluding hydrogens is 142 g/mol. The molecule has 1 unspecified atom stereocenters. The minimum absolute atomic E-state index is 0. The fraction of sp³-hybridized carbons (Fsp3) is 0.143. The summed E-state index contributed by atoms with van der Waals surface area (Å²) in [5, 5.41) is 1.25. The Morgan fingerprint density at radius 1 is 1.20 bits per heavy atom. The number of hydrogen-bond donors (Lipinski definition) is 0. The fourth-order valence-electron chi connectivity index (χ4n) is 0.624. The Hall–Kier alpha value is -0.325. The van der Waals surface area contributed by atoms with Gasteiger partial charge in [0.05, 0.1) is 0 Å². The molecule has 10 heavy (non-hydrogen) atoms. The average molecular weight is 151 g/mol. The molecular formula is C7H9BOP. The summed E-state index contributed by atoms with van der Waals surface area (Å²) in [5.41, 5.74) is 0. The summed E-state index contributed by atoms with van der Waals surface area (Å²) in [5.74, 6) is 0. The van der Waals surface area contributed by atoms with Gasteiger partial charge in [-0.2, -0.15) is 0 Å². The number of hydrogen-bond acceptors (Lipinski definition) is 1. The molecule has 0 aliphatic rings. The third kappa shape index (κ3) is 3.00. The normalized spacial score (nSPS) is 9.70. The van der Waals surface area contributed by atoms with Gasteiger partial charge in [0.1, 0.15) is 0 Å². The molecule has 0 bridgehead atoms. The van der Waals surface area contributed by atoms with E-state index in [0.29, 0.717) is 8.81 Å². The van der Waals surface area contributed by atoms with Crippen LogP contribution < -0.4 is 5.30 Å². The van der Waals surface area contributed by atoms with Gasteiger partial charge in [0, 0.05) is 24.3 Å². The van der Waals surface area contributed by atoms with E-state index < -0.39 is 0 Å². The van der Waals surface area contributed by atoms with Crippen LogP contribution >= 0.6 is 8.81 Å². The van der Waals surface area contributed by atoms with Crippen molar-refractivity contribution in [1.82, 2.24) is 0 Å². The van der Waals surface area contributed by atoms with Crippen LogP contribution in [-0.4, -0.2) is 15.5 Å². The van der Waals surface area contributed by atoms with Crippen molar-refractivity contribution in [2.24, 2.45) is 0 Å². The summed E-state index contributed by atoms with van der Waals surface area (Å²) in [6, 6.07) is 10.1. The lowest BCUT2D eigenvalue weighted by molar-refractivity contribution is 0.481. The number of benzene rings is 1. The summed E-state index contributed by atoms with van der Waals surface area (Å²) >= 11 is 0. The first-order valence-corrected chi connectivity index (χ1v) is 3.68. The highest BCUT2D eigenvalue weighted by atomic mass is 31.1. The fourth-order valence-corrected chi connectivity index (χ4v) is 1.19. The van der Waals surface area contributed by atoms with Gasteiger partial charge in [0.2, 0.25) is 0 Å². The Bertz CT molecular complexity index is 167. The molecule has 3 heteroatoms. The standard InChI is InChI=1S/C7H9OP.B/c1-8-9-7-5-3-2-4-6-7;/h2-6,9H,1H3;. The lowest BCUT2D eigenvalue weighted by Crippen LogP contribution is -1.90. The largest absolute Gasteiger partial charge is 0.361 e. The van der Waals surface area contributed by atoms with Crippen molar-refractivity contribution in [2.45, 2.75) is 0 Å². The Labute approximate surface area is 65.2 Å². The van der Waals surface area contributed by atoms with Crippen molar-refractivity contribution in [1.29, 1.82) is 0 Å². The van der Waals surface area contributed by atoms with Gasteiger partial charge in [-0.25, -0.2) is 0 Å². The highest BCUT2D eigenvalue weighted by molar-refractivity contribution is 7.41. The predicted octanol–water partition coefficient (Wildman–Crippen LogP) is 1.17. The van der Waals surface area contributed by atoms with Gasteiger partial charge in [-0.1, -0.05) is 30.3 Å². The van der Waals surface area contributed by atoms with Crippen LogP contribution in [0.1, 0.15) is 0 Å². The van der Waals surface area contributed by atoms with Crippen molar-refractivity contribution in [3.05, 3.63) is 30.3 Å². The van der Waals surface area contributed by atoms with E-state index in [0.717, 1.165) is 0 Å². The van der Waals surface area contributed by atoms with Crippen molar-refractivity contribution >= 4 is 22.5 Å². The second-order valence-corrected chi connectivity index (χ2v) is 2.86. The van der Waals surface area contributed by atoms with Crippen molar-refractivity contribution in [3.8, 4) is 0 Å². The zero-order valence-corrected chi connectivity index (χ0v) is 6.87. The maximum Gasteiger partial charge on any atom is 0.0456 e. The molecule has 1 atom stereocenters. The first kappa shape index (κ1) is 9.67. The lowest BCUT2D eigenvalue weighted by Gasteiger charge is -1.94. The Balaban J connectivity index is 0.000000810. The summed E-state index contributed by atoms with van der Waals surface area (Å²) in [6.45, 7) is 0. The van der Waals surface area contributed by atoms with Gasteiger partial charge in [-0.3, -0.25) is 0 Å². The molecule has 51 valence electrons. The minimum Gasteiger partial charge on any atom is -0.361 e. The van der Waals surface area contributed by atoms with E-state index in [9.17, 15) is 0 Å². The molecule has 0 aliphatic heterocycles. The van der Waals surface area contributed by atoms with Crippen LogP contribution in [0.5, 0.6) is 0 Å². The van der Waals surface area contributed by atoms with Crippen LogP contribution in [0.2, 0.25) is 0 Å². The predicted molar refractivity (Wildman–Crippen MR) is 47.2 cm³/mol. The van der Waals surface area contributed by atoms with Gasteiger partial charge in [0.25, 0.3) is 0 Å². The van der Waals surface area contributed by atoms with E-state index in [4.69, 9.17) is 4.52 Å². The van der Waals surface area contributed by atoms with E-state index >= 15 is 0 Å². The van der Waals surface area contributed by atoms with Gasteiger partial charge < -0.3 is 4.52 Å². The van der Waals surface area contributed by atoms with Crippen LogP contribution in [0.4, 0.5) is 0 Å². The minimum atomic E-state index is 0. The van der Waals surface area contributed by atoms with Crippen LogP contribution in [0, 0.1) is 0 Å². The quantitative estimate of drug-likeness (QED) is 0.455. The van der Waals surface area contributed by atoms with E-state index in [1.54, 1.807) is 7.11 Å². The van der Waals surface area contributed by atoms with Gasteiger partial charge in [0.15, 0.2) is 0 Å². The molecule has 0 amide bonds. The highest BCUT2D eigenvalue weighted by Crippen LogP contribution is 2.07. The molecule has 0 saturated carbocycles. The van der Waals surface area contributed by atoms with Crippen molar-refractivity contribution in [2.75, 3.05) is 7.11 Å². The molecule has 0 heterocycles. The molecule has 1 aromatic rings. The molecule has 1 aromatic carbocycles. The molecule has 0 N–H and O–H groups in total. The summed E-state index contributed by atoms with van der Waals surface area (Å²) < 4.78 is 4.96. The molecule has 0 aromatic heterocycles. The lowest BCUT2D eigenvalue weighted by atomic mass is 10.4. The first-order valence-electron chi connectivity index (χ1n) is 2.77. The number of rotatable bonds is 2. The van der Waals surface area contributed by atoms with Gasteiger partial charge >= 0.3 is 0 Å². The van der Waals surface area contributed by atoms with E-state index in [1.165, 1.54) is 5.30 Å². The van der Waals surface area contributed by atoms with Crippen LogP contribution in [0.3, 0.4) is 0 Å². The Morgan fingerprint density at radius 3 is 2.30 bits per heavy atom. The topological polar surface area (TPSA) is 9.23 Å². The SMILES string of the molecule is COPc1ccccc1.[B]. The van der Waals surface area contributed by atoms with E-state index in [2.05, 4.69) is 12.1 Å². The zero-order valence-electron chi connectivity index (χ0n) is 5.87. The maximum absolute atomic E-state index is 4.96. The smallest absolute Gasteiger partial charge is 0.0456 e. The van der Waals surface area contributed by atoms with Crippen LogP contribution in [-0.2, 0) is 4.52 Å². The van der Waals surface area contributed by atoms with Crippen LogP contribution in [0.15, 0.2) is 30.3 Å². The molecule has 0 aliphatic carbocycles. The molecule has 0 saturated heterocycles. The molecule has 0 fully saturated rings. The average Bonchev–Trinajstić information content (AvgIpc) is 1.91. The third-order valence-electron chi connectivity index (χ3n) is 0.994. The van der Waals surface area contributed by atoms with Crippen molar-refractivity contribution < 1.29 is 4.52 Å². The summed E-state index contributed by atoms with van der Waals surface area (Å²) in [6.07, 6.45) is 0. The van der Waals surface area contributed by atoms with E-state index in [1.807, 2.05) is 18.2 Å². The van der Waals surface area contributed by atoms with E-state index in [-0.39, 0.29) is 8.41 Å². The molecule has 3 radical (unpaired) electrons. The second kappa shape index (κ2) is 5.46. The summed E-state index contributed by atoms with van der Waals surface area (Å²) in [7, 11) is 2.20. The molecule has 0 spiro atoms. The first-order chi connectivity index (χ1) is 4.43. The highest BCUT2D eigenvalue weighted by Gasteiger charge is 1.84. The Kier molecular flexibility index (Phi) is 5.28. The molecule has 1 rings (SSSR count). The molecule has 1 nitrogen and oxygen atoms in total. The zero-order chi connectivity index (χ0) is 6.53.